The highest BCUT2D eigenvalue weighted by molar-refractivity contribution is 9.09. The molecule has 0 saturated heterocycles. The molecule has 1 atom stereocenters. The molecule has 2 rings (SSSR count). The highest BCUT2D eigenvalue weighted by atomic mass is 79.9. The van der Waals surface area contributed by atoms with Gasteiger partial charge in [0.2, 0.25) is 0 Å². The van der Waals surface area contributed by atoms with Crippen LogP contribution in [0.25, 0.3) is 0 Å². The van der Waals surface area contributed by atoms with Crippen molar-refractivity contribution in [3.63, 3.8) is 0 Å². The standard InChI is InChI=1S/C16H14BrF3O/c1-21-14-4-2-3-12(10-14)15(17)9-11-5-7-13(8-6-11)16(18,19)20/h2-8,10,15H,9H2,1H3. The maximum atomic E-state index is 12.5. The average molecular weight is 359 g/mol. The summed E-state index contributed by atoms with van der Waals surface area (Å²) >= 11 is 3.57. The lowest BCUT2D eigenvalue weighted by Crippen LogP contribution is -2.05. The molecular formula is C16H14BrF3O. The van der Waals surface area contributed by atoms with Crippen LogP contribution in [0.15, 0.2) is 48.5 Å². The molecule has 0 radical (unpaired) electrons. The Hall–Kier alpha value is -1.49. The molecular weight excluding hydrogens is 345 g/mol. The molecule has 0 aliphatic heterocycles. The maximum Gasteiger partial charge on any atom is 0.416 e. The molecule has 0 bridgehead atoms. The molecule has 0 fully saturated rings. The van der Waals surface area contributed by atoms with Crippen LogP contribution in [0.3, 0.4) is 0 Å². The first-order valence-electron chi connectivity index (χ1n) is 6.34. The van der Waals surface area contributed by atoms with Crippen molar-refractivity contribution < 1.29 is 17.9 Å². The second-order valence-electron chi connectivity index (χ2n) is 4.64. The third-order valence-corrected chi connectivity index (χ3v) is 4.00. The van der Waals surface area contributed by atoms with E-state index in [0.717, 1.165) is 29.0 Å². The van der Waals surface area contributed by atoms with Crippen LogP contribution in [0.1, 0.15) is 21.5 Å². The Kier molecular flexibility index (Phi) is 4.93. The molecule has 0 aliphatic carbocycles. The molecule has 0 spiro atoms. The van der Waals surface area contributed by atoms with Gasteiger partial charge in [0.05, 0.1) is 12.7 Å². The van der Waals surface area contributed by atoms with Crippen molar-refractivity contribution in [2.45, 2.75) is 17.4 Å². The van der Waals surface area contributed by atoms with Crippen molar-refractivity contribution in [2.75, 3.05) is 7.11 Å². The molecule has 5 heteroatoms. The van der Waals surface area contributed by atoms with E-state index in [1.807, 2.05) is 24.3 Å². The predicted molar refractivity (Wildman–Crippen MR) is 79.8 cm³/mol. The molecule has 0 heterocycles. The average Bonchev–Trinajstić information content (AvgIpc) is 2.47. The fourth-order valence-electron chi connectivity index (χ4n) is 1.99. The van der Waals surface area contributed by atoms with Crippen molar-refractivity contribution in [3.05, 3.63) is 65.2 Å². The fourth-order valence-corrected chi connectivity index (χ4v) is 2.65. The molecule has 0 aliphatic rings. The minimum absolute atomic E-state index is 0.0179. The normalized spacial score (nSPS) is 13.0. The zero-order valence-corrected chi connectivity index (χ0v) is 12.9. The Bertz CT molecular complexity index is 593. The lowest BCUT2D eigenvalue weighted by Gasteiger charge is -2.12. The summed E-state index contributed by atoms with van der Waals surface area (Å²) in [6.45, 7) is 0. The second-order valence-corrected chi connectivity index (χ2v) is 5.75. The minimum Gasteiger partial charge on any atom is -0.497 e. The van der Waals surface area contributed by atoms with Gasteiger partial charge in [0, 0.05) is 4.83 Å². The van der Waals surface area contributed by atoms with E-state index in [-0.39, 0.29) is 4.83 Å². The first-order valence-corrected chi connectivity index (χ1v) is 7.26. The van der Waals surface area contributed by atoms with E-state index in [2.05, 4.69) is 15.9 Å². The highest BCUT2D eigenvalue weighted by Gasteiger charge is 2.29. The van der Waals surface area contributed by atoms with Gasteiger partial charge in [0.25, 0.3) is 0 Å². The molecule has 21 heavy (non-hydrogen) atoms. The molecule has 0 amide bonds. The molecule has 0 N–H and O–H groups in total. The van der Waals surface area contributed by atoms with Crippen LogP contribution in [-0.4, -0.2) is 7.11 Å². The smallest absolute Gasteiger partial charge is 0.416 e. The summed E-state index contributed by atoms with van der Waals surface area (Å²) in [5.74, 6) is 0.754. The van der Waals surface area contributed by atoms with E-state index < -0.39 is 11.7 Å². The van der Waals surface area contributed by atoms with Crippen molar-refractivity contribution >= 4 is 15.9 Å². The molecule has 2 aromatic carbocycles. The largest absolute Gasteiger partial charge is 0.497 e. The number of rotatable bonds is 4. The second kappa shape index (κ2) is 6.52. The monoisotopic (exact) mass is 358 g/mol. The Morgan fingerprint density at radius 2 is 1.76 bits per heavy atom. The minimum atomic E-state index is -4.29. The first kappa shape index (κ1) is 15.9. The van der Waals surface area contributed by atoms with Gasteiger partial charge in [0.1, 0.15) is 5.75 Å². The van der Waals surface area contributed by atoms with Gasteiger partial charge in [-0.1, -0.05) is 40.2 Å². The zero-order valence-electron chi connectivity index (χ0n) is 11.3. The van der Waals surface area contributed by atoms with E-state index in [9.17, 15) is 13.2 Å². The number of methoxy groups -OCH3 is 1. The van der Waals surface area contributed by atoms with Gasteiger partial charge in [-0.2, -0.15) is 13.2 Å². The van der Waals surface area contributed by atoms with Crippen LogP contribution in [0.2, 0.25) is 0 Å². The number of benzene rings is 2. The summed E-state index contributed by atoms with van der Waals surface area (Å²) < 4.78 is 42.7. The van der Waals surface area contributed by atoms with E-state index in [1.54, 1.807) is 7.11 Å². The van der Waals surface area contributed by atoms with Crippen molar-refractivity contribution in [3.8, 4) is 5.75 Å². The van der Waals surface area contributed by atoms with E-state index in [4.69, 9.17) is 4.74 Å². The zero-order chi connectivity index (χ0) is 15.5. The van der Waals surface area contributed by atoms with Gasteiger partial charge in [-0.25, -0.2) is 0 Å². The number of hydrogen-bond acceptors (Lipinski definition) is 1. The lowest BCUT2D eigenvalue weighted by molar-refractivity contribution is -0.137. The topological polar surface area (TPSA) is 9.23 Å². The van der Waals surface area contributed by atoms with Crippen LogP contribution in [0.5, 0.6) is 5.75 Å². The van der Waals surface area contributed by atoms with Crippen LogP contribution in [0.4, 0.5) is 13.2 Å². The third-order valence-electron chi connectivity index (χ3n) is 3.15. The van der Waals surface area contributed by atoms with Crippen molar-refractivity contribution in [2.24, 2.45) is 0 Å². The van der Waals surface area contributed by atoms with Gasteiger partial charge >= 0.3 is 6.18 Å². The summed E-state index contributed by atoms with van der Waals surface area (Å²) in [6, 6.07) is 12.8. The molecule has 1 nitrogen and oxygen atoms in total. The molecule has 0 aromatic heterocycles. The summed E-state index contributed by atoms with van der Waals surface area (Å²) in [6.07, 6.45) is -3.69. The number of hydrogen-bond donors (Lipinski definition) is 0. The predicted octanol–water partition coefficient (Wildman–Crippen LogP) is 5.39. The number of halogens is 4. The van der Waals surface area contributed by atoms with Crippen LogP contribution >= 0.6 is 15.9 Å². The summed E-state index contributed by atoms with van der Waals surface area (Å²) in [7, 11) is 1.60. The molecule has 1 unspecified atom stereocenters. The van der Waals surface area contributed by atoms with Gasteiger partial charge in [0.15, 0.2) is 0 Å². The maximum absolute atomic E-state index is 12.5. The summed E-state index contributed by atoms with van der Waals surface area (Å²) in [4.78, 5) is 0.0179. The van der Waals surface area contributed by atoms with Gasteiger partial charge in [-0.15, -0.1) is 0 Å². The van der Waals surface area contributed by atoms with Gasteiger partial charge < -0.3 is 4.74 Å². The van der Waals surface area contributed by atoms with Crippen LogP contribution in [-0.2, 0) is 12.6 Å². The number of ether oxygens (including phenoxy) is 1. The Morgan fingerprint density at radius 1 is 1.10 bits per heavy atom. The van der Waals surface area contributed by atoms with Gasteiger partial charge in [-0.3, -0.25) is 0 Å². The lowest BCUT2D eigenvalue weighted by atomic mass is 10.0. The third kappa shape index (κ3) is 4.24. The van der Waals surface area contributed by atoms with Crippen molar-refractivity contribution in [1.82, 2.24) is 0 Å². The summed E-state index contributed by atoms with van der Waals surface area (Å²) in [5.41, 5.74) is 1.24. The van der Waals surface area contributed by atoms with Crippen molar-refractivity contribution in [1.29, 1.82) is 0 Å². The molecule has 0 saturated carbocycles. The Labute approximate surface area is 129 Å². The number of alkyl halides is 4. The van der Waals surface area contributed by atoms with E-state index in [0.29, 0.717) is 6.42 Å². The Morgan fingerprint density at radius 3 is 2.33 bits per heavy atom. The highest BCUT2D eigenvalue weighted by Crippen LogP contribution is 2.32. The molecule has 2 aromatic rings. The fraction of sp³-hybridized carbons (Fsp3) is 0.250. The van der Waals surface area contributed by atoms with E-state index >= 15 is 0 Å². The van der Waals surface area contributed by atoms with Crippen LogP contribution < -0.4 is 4.74 Å². The quantitative estimate of drug-likeness (QED) is 0.665. The SMILES string of the molecule is COc1cccc(C(Br)Cc2ccc(C(F)(F)F)cc2)c1. The van der Waals surface area contributed by atoms with Gasteiger partial charge in [-0.05, 0) is 41.8 Å². The molecule has 112 valence electrons. The Balaban J connectivity index is 2.10. The first-order chi connectivity index (χ1) is 9.90. The van der Waals surface area contributed by atoms with Crippen LogP contribution in [0, 0.1) is 0 Å². The van der Waals surface area contributed by atoms with E-state index in [1.165, 1.54) is 12.1 Å². The summed E-state index contributed by atoms with van der Waals surface area (Å²) in [5, 5.41) is 0.